The molecule has 0 saturated heterocycles. The number of amides is 2. The molecule has 1 atom stereocenters. The fourth-order valence-corrected chi connectivity index (χ4v) is 5.73. The van der Waals surface area contributed by atoms with Crippen LogP contribution in [0.4, 0.5) is 0 Å². The Hall–Kier alpha value is -3.02. The highest BCUT2D eigenvalue weighted by Crippen LogP contribution is 2.32. The van der Waals surface area contributed by atoms with Gasteiger partial charge in [-0.05, 0) is 47.6 Å². The van der Waals surface area contributed by atoms with Crippen molar-refractivity contribution in [3.63, 3.8) is 0 Å². The Bertz CT molecular complexity index is 1280. The fraction of sp³-hybridized carbons (Fsp3) is 0.394. The minimum Gasteiger partial charge on any atom is -0.483 e. The fourth-order valence-electron chi connectivity index (χ4n) is 5.21. The molecule has 0 unspecified atom stereocenters. The van der Waals surface area contributed by atoms with Gasteiger partial charge in [0, 0.05) is 34.6 Å². The smallest absolute Gasteiger partial charge is 0.261 e. The highest BCUT2D eigenvalue weighted by Gasteiger charge is 2.33. The van der Waals surface area contributed by atoms with Crippen molar-refractivity contribution < 1.29 is 14.3 Å². The minimum atomic E-state index is -0.774. The van der Waals surface area contributed by atoms with Crippen LogP contribution >= 0.6 is 23.2 Å². The molecule has 0 radical (unpaired) electrons. The second-order valence-corrected chi connectivity index (χ2v) is 12.3. The molecule has 4 rings (SSSR count). The van der Waals surface area contributed by atoms with Crippen molar-refractivity contribution in [1.82, 2.24) is 10.2 Å². The molecule has 1 fully saturated rings. The Morgan fingerprint density at radius 2 is 1.55 bits per heavy atom. The van der Waals surface area contributed by atoms with Gasteiger partial charge < -0.3 is 15.0 Å². The molecular weight excluding hydrogens is 543 g/mol. The maximum Gasteiger partial charge on any atom is 0.261 e. The normalized spacial score (nSPS) is 14.5. The Morgan fingerprint density at radius 1 is 0.925 bits per heavy atom. The van der Waals surface area contributed by atoms with Crippen LogP contribution in [0.25, 0.3) is 0 Å². The van der Waals surface area contributed by atoms with E-state index in [1.54, 1.807) is 23.1 Å². The lowest BCUT2D eigenvalue weighted by Crippen LogP contribution is -2.53. The van der Waals surface area contributed by atoms with E-state index in [9.17, 15) is 9.59 Å². The molecule has 0 spiro atoms. The van der Waals surface area contributed by atoms with Crippen LogP contribution in [0.15, 0.2) is 72.8 Å². The van der Waals surface area contributed by atoms with Gasteiger partial charge in [-0.15, -0.1) is 0 Å². The predicted octanol–water partition coefficient (Wildman–Crippen LogP) is 7.37. The highest BCUT2D eigenvalue weighted by atomic mass is 35.5. The first-order valence-electron chi connectivity index (χ1n) is 13.9. The molecule has 1 aliphatic carbocycles. The van der Waals surface area contributed by atoms with Gasteiger partial charge in [-0.1, -0.05) is 111 Å². The van der Waals surface area contributed by atoms with E-state index in [1.807, 2.05) is 54.6 Å². The van der Waals surface area contributed by atoms with Gasteiger partial charge in [-0.25, -0.2) is 0 Å². The predicted molar refractivity (Wildman–Crippen MR) is 162 cm³/mol. The van der Waals surface area contributed by atoms with Crippen molar-refractivity contribution in [1.29, 1.82) is 0 Å². The maximum absolute atomic E-state index is 14.0. The number of nitrogens with one attached hydrogen (secondary N) is 1. The third-order valence-electron chi connectivity index (χ3n) is 7.41. The molecular formula is C33H38Cl2N2O3. The van der Waals surface area contributed by atoms with E-state index < -0.39 is 6.04 Å². The molecule has 2 amide bonds. The molecule has 0 heterocycles. The van der Waals surface area contributed by atoms with Crippen molar-refractivity contribution in [2.75, 3.05) is 6.61 Å². The summed E-state index contributed by atoms with van der Waals surface area (Å²) in [4.78, 5) is 29.4. The minimum absolute atomic E-state index is 0.0806. The molecule has 5 nitrogen and oxygen atoms in total. The van der Waals surface area contributed by atoms with Gasteiger partial charge in [0.05, 0.1) is 0 Å². The van der Waals surface area contributed by atoms with Crippen molar-refractivity contribution >= 4 is 35.0 Å². The van der Waals surface area contributed by atoms with Crippen LogP contribution in [0.3, 0.4) is 0 Å². The number of benzene rings is 3. The summed E-state index contributed by atoms with van der Waals surface area (Å²) in [5.41, 5.74) is 2.39. The maximum atomic E-state index is 14.0. The molecule has 1 N–H and O–H groups in total. The average molecular weight is 582 g/mol. The average Bonchev–Trinajstić information content (AvgIpc) is 3.44. The monoisotopic (exact) mass is 580 g/mol. The number of rotatable bonds is 10. The van der Waals surface area contributed by atoms with E-state index in [1.165, 1.54) is 0 Å². The first kappa shape index (κ1) is 30.0. The molecule has 0 aromatic heterocycles. The van der Waals surface area contributed by atoms with Crippen LogP contribution in [0.1, 0.15) is 63.1 Å². The van der Waals surface area contributed by atoms with Gasteiger partial charge in [0.1, 0.15) is 11.8 Å². The largest absolute Gasteiger partial charge is 0.483 e. The van der Waals surface area contributed by atoms with Crippen LogP contribution in [-0.2, 0) is 28.0 Å². The van der Waals surface area contributed by atoms with E-state index in [-0.39, 0.29) is 36.4 Å². The summed E-state index contributed by atoms with van der Waals surface area (Å²) in [6, 6.07) is 22.1. The lowest BCUT2D eigenvalue weighted by atomic mass is 9.86. The van der Waals surface area contributed by atoms with E-state index >= 15 is 0 Å². The zero-order valence-corrected chi connectivity index (χ0v) is 25.0. The van der Waals surface area contributed by atoms with Gasteiger partial charge in [0.25, 0.3) is 5.91 Å². The van der Waals surface area contributed by atoms with Crippen molar-refractivity contribution in [2.24, 2.45) is 0 Å². The molecule has 3 aromatic carbocycles. The molecule has 212 valence electrons. The van der Waals surface area contributed by atoms with Crippen molar-refractivity contribution in [3.05, 3.63) is 99.5 Å². The number of carbonyl (C=O) groups is 2. The number of halogens is 2. The molecule has 40 heavy (non-hydrogen) atoms. The van der Waals surface area contributed by atoms with Gasteiger partial charge in [0.15, 0.2) is 6.61 Å². The SMILES string of the molecule is CC(C)(C)c1ccccc1OCC(=O)N(Cc1c(Cl)cccc1Cl)[C@@H](Cc1ccccc1)C(=O)NC1CCCC1. The third kappa shape index (κ3) is 7.80. The van der Waals surface area contributed by atoms with Gasteiger partial charge in [-0.3, -0.25) is 9.59 Å². The molecule has 1 aliphatic rings. The summed E-state index contributed by atoms with van der Waals surface area (Å²) in [6.45, 7) is 6.16. The second kappa shape index (κ2) is 13.6. The Balaban J connectivity index is 1.67. The van der Waals surface area contributed by atoms with Crippen molar-refractivity contribution in [3.8, 4) is 5.75 Å². The summed E-state index contributed by atoms with van der Waals surface area (Å²) in [6.07, 6.45) is 4.42. The molecule has 7 heteroatoms. The van der Waals surface area contributed by atoms with E-state index in [0.29, 0.717) is 27.8 Å². The third-order valence-corrected chi connectivity index (χ3v) is 8.12. The first-order chi connectivity index (χ1) is 19.1. The number of carbonyl (C=O) groups excluding carboxylic acids is 2. The van der Waals surface area contributed by atoms with Gasteiger partial charge >= 0.3 is 0 Å². The number of hydrogen-bond acceptors (Lipinski definition) is 3. The molecule has 3 aromatic rings. The van der Waals surface area contributed by atoms with E-state index in [2.05, 4.69) is 26.1 Å². The van der Waals surface area contributed by atoms with Crippen molar-refractivity contribution in [2.45, 2.75) is 76.9 Å². The standard InChI is InChI=1S/C33H38Cl2N2O3/c1-33(2,3)26-16-9-10-19-30(26)40-22-31(38)37(21-25-27(34)17-11-18-28(25)35)29(20-23-12-5-4-6-13-23)32(39)36-24-14-7-8-15-24/h4-6,9-13,16-19,24,29H,7-8,14-15,20-22H2,1-3H3,(H,36,39)/t29-/m0/s1. The van der Waals surface area contributed by atoms with Crippen LogP contribution in [0.5, 0.6) is 5.75 Å². The van der Waals surface area contributed by atoms with Crippen LogP contribution in [0.2, 0.25) is 10.0 Å². The second-order valence-electron chi connectivity index (χ2n) is 11.5. The Morgan fingerprint density at radius 3 is 2.20 bits per heavy atom. The quantitative estimate of drug-likeness (QED) is 0.272. The lowest BCUT2D eigenvalue weighted by molar-refractivity contribution is -0.143. The summed E-state index contributed by atoms with van der Waals surface area (Å²) in [7, 11) is 0. The van der Waals surface area contributed by atoms with Crippen LogP contribution in [0, 0.1) is 0 Å². The van der Waals surface area contributed by atoms with Crippen LogP contribution in [-0.4, -0.2) is 35.4 Å². The summed E-state index contributed by atoms with van der Waals surface area (Å²) >= 11 is 13.1. The topological polar surface area (TPSA) is 58.6 Å². The van der Waals surface area contributed by atoms with E-state index in [0.717, 1.165) is 36.8 Å². The number of ether oxygens (including phenoxy) is 1. The Kier molecular flexibility index (Phi) is 10.2. The van der Waals surface area contributed by atoms with Gasteiger partial charge in [-0.2, -0.15) is 0 Å². The first-order valence-corrected chi connectivity index (χ1v) is 14.7. The van der Waals surface area contributed by atoms with Crippen LogP contribution < -0.4 is 10.1 Å². The summed E-state index contributed by atoms with van der Waals surface area (Å²) in [5.74, 6) is 0.152. The number of para-hydroxylation sites is 1. The zero-order valence-electron chi connectivity index (χ0n) is 23.5. The Labute approximate surface area is 247 Å². The summed E-state index contributed by atoms with van der Waals surface area (Å²) < 4.78 is 6.13. The molecule has 0 aliphatic heterocycles. The number of nitrogens with zero attached hydrogens (tertiary/aromatic N) is 1. The lowest BCUT2D eigenvalue weighted by Gasteiger charge is -2.33. The highest BCUT2D eigenvalue weighted by molar-refractivity contribution is 6.36. The van der Waals surface area contributed by atoms with Gasteiger partial charge in [0.2, 0.25) is 5.91 Å². The number of hydrogen-bond donors (Lipinski definition) is 1. The zero-order chi connectivity index (χ0) is 28.7. The summed E-state index contributed by atoms with van der Waals surface area (Å²) in [5, 5.41) is 4.10. The molecule has 1 saturated carbocycles. The molecule has 0 bridgehead atoms. The van der Waals surface area contributed by atoms with E-state index in [4.69, 9.17) is 27.9 Å².